The Kier molecular flexibility index (Phi) is 3.82. The third kappa shape index (κ3) is 3.35. The van der Waals surface area contributed by atoms with Crippen molar-refractivity contribution in [3.8, 4) is 0 Å². The van der Waals surface area contributed by atoms with Gasteiger partial charge in [-0.15, -0.1) is 0 Å². The van der Waals surface area contributed by atoms with E-state index >= 15 is 0 Å². The van der Waals surface area contributed by atoms with Gasteiger partial charge in [0.05, 0.1) is 11.9 Å². The molecular formula is C13H12N4O2. The highest BCUT2D eigenvalue weighted by Gasteiger charge is 2.15. The molecule has 2 rings (SSSR count). The van der Waals surface area contributed by atoms with Crippen LogP contribution < -0.4 is 10.6 Å². The minimum absolute atomic E-state index is 0.369. The average Bonchev–Trinajstić information content (AvgIpc) is 2.42. The van der Waals surface area contributed by atoms with Gasteiger partial charge in [0.25, 0.3) is 0 Å². The summed E-state index contributed by atoms with van der Waals surface area (Å²) in [5.74, 6) is -1.17. The van der Waals surface area contributed by atoms with Crippen molar-refractivity contribution in [2.75, 3.05) is 10.6 Å². The summed E-state index contributed by atoms with van der Waals surface area (Å²) < 4.78 is 0. The summed E-state index contributed by atoms with van der Waals surface area (Å²) in [6, 6.07) is 6.85. The van der Waals surface area contributed by atoms with Gasteiger partial charge in [0.15, 0.2) is 0 Å². The molecule has 0 fully saturated rings. The molecule has 0 spiro atoms. The molecule has 0 aliphatic carbocycles. The van der Waals surface area contributed by atoms with E-state index in [0.29, 0.717) is 11.5 Å². The van der Waals surface area contributed by atoms with E-state index in [1.54, 1.807) is 43.6 Å². The van der Waals surface area contributed by atoms with Crippen LogP contribution in [-0.2, 0) is 9.59 Å². The maximum absolute atomic E-state index is 11.7. The molecule has 0 aliphatic heterocycles. The number of pyridine rings is 2. The topological polar surface area (TPSA) is 84.0 Å². The van der Waals surface area contributed by atoms with Gasteiger partial charge in [-0.3, -0.25) is 14.6 Å². The number of aromatic nitrogens is 2. The van der Waals surface area contributed by atoms with Crippen molar-refractivity contribution in [3.63, 3.8) is 0 Å². The maximum Gasteiger partial charge on any atom is 0.315 e. The zero-order chi connectivity index (χ0) is 13.7. The molecule has 2 aromatic heterocycles. The molecule has 6 nitrogen and oxygen atoms in total. The smallest absolute Gasteiger partial charge is 0.315 e. The molecule has 0 radical (unpaired) electrons. The first kappa shape index (κ1) is 12.7. The predicted molar refractivity (Wildman–Crippen MR) is 70.5 cm³/mol. The Balaban J connectivity index is 2.01. The number of nitrogens with one attached hydrogen (secondary N) is 2. The number of hydrogen-bond acceptors (Lipinski definition) is 4. The van der Waals surface area contributed by atoms with E-state index in [1.165, 1.54) is 6.20 Å². The van der Waals surface area contributed by atoms with Crippen LogP contribution in [-0.4, -0.2) is 21.8 Å². The standard InChI is InChI=1S/C13H12N4O2/c1-9-4-2-7-15-11(9)17-13(19)12(18)16-10-5-3-6-14-8-10/h2-8H,1H3,(H,16,18)(H,15,17,19). The SMILES string of the molecule is Cc1cccnc1NC(=O)C(=O)Nc1cccnc1. The van der Waals surface area contributed by atoms with E-state index in [1.807, 2.05) is 0 Å². The Morgan fingerprint density at radius 1 is 1.05 bits per heavy atom. The van der Waals surface area contributed by atoms with Gasteiger partial charge in [0.2, 0.25) is 0 Å². The minimum atomic E-state index is -0.773. The summed E-state index contributed by atoms with van der Waals surface area (Å²) in [5, 5.41) is 4.89. The molecule has 2 N–H and O–H groups in total. The van der Waals surface area contributed by atoms with Gasteiger partial charge in [-0.1, -0.05) is 6.07 Å². The molecule has 0 bridgehead atoms. The minimum Gasteiger partial charge on any atom is -0.316 e. The monoisotopic (exact) mass is 256 g/mol. The Hall–Kier alpha value is -2.76. The Labute approximate surface area is 109 Å². The van der Waals surface area contributed by atoms with Crippen LogP contribution in [0.2, 0.25) is 0 Å². The third-order valence-electron chi connectivity index (χ3n) is 2.37. The van der Waals surface area contributed by atoms with Crippen LogP contribution in [0.1, 0.15) is 5.56 Å². The van der Waals surface area contributed by atoms with Crippen LogP contribution in [0.3, 0.4) is 0 Å². The first-order chi connectivity index (χ1) is 9.16. The molecule has 2 aromatic rings. The number of aryl methyl sites for hydroxylation is 1. The predicted octanol–water partition coefficient (Wildman–Crippen LogP) is 1.36. The second-order valence-electron chi connectivity index (χ2n) is 3.82. The quantitative estimate of drug-likeness (QED) is 0.795. The Morgan fingerprint density at radius 2 is 1.79 bits per heavy atom. The lowest BCUT2D eigenvalue weighted by Gasteiger charge is -2.07. The Bertz CT molecular complexity index is 599. The number of nitrogens with zero attached hydrogens (tertiary/aromatic N) is 2. The van der Waals surface area contributed by atoms with Crippen molar-refractivity contribution in [2.24, 2.45) is 0 Å². The highest BCUT2D eigenvalue weighted by atomic mass is 16.2. The fraction of sp³-hybridized carbons (Fsp3) is 0.0769. The highest BCUT2D eigenvalue weighted by Crippen LogP contribution is 2.09. The number of carbonyl (C=O) groups is 2. The lowest BCUT2D eigenvalue weighted by Crippen LogP contribution is -2.29. The summed E-state index contributed by atoms with van der Waals surface area (Å²) in [4.78, 5) is 31.2. The van der Waals surface area contributed by atoms with Crippen molar-refractivity contribution < 1.29 is 9.59 Å². The van der Waals surface area contributed by atoms with Crippen molar-refractivity contribution in [1.29, 1.82) is 0 Å². The second kappa shape index (κ2) is 5.72. The van der Waals surface area contributed by atoms with Gasteiger partial charge in [0, 0.05) is 12.4 Å². The normalized spacial score (nSPS) is 9.74. The molecule has 19 heavy (non-hydrogen) atoms. The molecule has 0 saturated carbocycles. The number of carbonyl (C=O) groups excluding carboxylic acids is 2. The third-order valence-corrected chi connectivity index (χ3v) is 2.37. The lowest BCUT2D eigenvalue weighted by atomic mass is 10.3. The molecule has 0 atom stereocenters. The van der Waals surface area contributed by atoms with Crippen LogP contribution in [0.15, 0.2) is 42.9 Å². The van der Waals surface area contributed by atoms with E-state index in [4.69, 9.17) is 0 Å². The zero-order valence-electron chi connectivity index (χ0n) is 10.3. The van der Waals surface area contributed by atoms with Gasteiger partial charge in [-0.25, -0.2) is 4.98 Å². The van der Waals surface area contributed by atoms with E-state index in [-0.39, 0.29) is 0 Å². The molecular weight excluding hydrogens is 244 g/mol. The molecule has 2 heterocycles. The van der Waals surface area contributed by atoms with Crippen LogP contribution in [0.4, 0.5) is 11.5 Å². The second-order valence-corrected chi connectivity index (χ2v) is 3.82. The first-order valence-corrected chi connectivity index (χ1v) is 5.61. The summed E-state index contributed by atoms with van der Waals surface area (Å²) in [7, 11) is 0. The van der Waals surface area contributed by atoms with Crippen molar-refractivity contribution in [1.82, 2.24) is 9.97 Å². The summed E-state index contributed by atoms with van der Waals surface area (Å²) in [6.45, 7) is 1.79. The van der Waals surface area contributed by atoms with E-state index in [0.717, 1.165) is 5.56 Å². The maximum atomic E-state index is 11.7. The average molecular weight is 256 g/mol. The van der Waals surface area contributed by atoms with Crippen LogP contribution in [0.5, 0.6) is 0 Å². The van der Waals surface area contributed by atoms with Gasteiger partial charge < -0.3 is 10.6 Å². The van der Waals surface area contributed by atoms with Crippen LogP contribution >= 0.6 is 0 Å². The van der Waals surface area contributed by atoms with Crippen molar-refractivity contribution in [2.45, 2.75) is 6.92 Å². The largest absolute Gasteiger partial charge is 0.316 e. The van der Waals surface area contributed by atoms with Crippen LogP contribution in [0, 0.1) is 6.92 Å². The zero-order valence-corrected chi connectivity index (χ0v) is 10.3. The summed E-state index contributed by atoms with van der Waals surface area (Å²) >= 11 is 0. The number of hydrogen-bond donors (Lipinski definition) is 2. The molecule has 6 heteroatoms. The van der Waals surface area contributed by atoms with Crippen molar-refractivity contribution in [3.05, 3.63) is 48.4 Å². The van der Waals surface area contributed by atoms with Gasteiger partial charge in [-0.2, -0.15) is 0 Å². The lowest BCUT2D eigenvalue weighted by molar-refractivity contribution is -0.133. The molecule has 0 aromatic carbocycles. The highest BCUT2D eigenvalue weighted by molar-refractivity contribution is 6.43. The molecule has 2 amide bonds. The summed E-state index contributed by atoms with van der Waals surface area (Å²) in [6.07, 6.45) is 4.58. The number of amides is 2. The van der Waals surface area contributed by atoms with Gasteiger partial charge in [-0.05, 0) is 30.7 Å². The number of anilines is 2. The van der Waals surface area contributed by atoms with Crippen LogP contribution in [0.25, 0.3) is 0 Å². The van der Waals surface area contributed by atoms with Gasteiger partial charge in [0.1, 0.15) is 5.82 Å². The van der Waals surface area contributed by atoms with Crippen molar-refractivity contribution >= 4 is 23.3 Å². The van der Waals surface area contributed by atoms with E-state index < -0.39 is 11.8 Å². The molecule has 0 aliphatic rings. The molecule has 0 unspecified atom stereocenters. The van der Waals surface area contributed by atoms with E-state index in [9.17, 15) is 9.59 Å². The first-order valence-electron chi connectivity index (χ1n) is 5.61. The molecule has 0 saturated heterocycles. The van der Waals surface area contributed by atoms with Gasteiger partial charge >= 0.3 is 11.8 Å². The Morgan fingerprint density at radius 3 is 2.47 bits per heavy atom. The number of rotatable bonds is 2. The van der Waals surface area contributed by atoms with E-state index in [2.05, 4.69) is 20.6 Å². The summed E-state index contributed by atoms with van der Waals surface area (Å²) in [5.41, 5.74) is 1.24. The fourth-order valence-corrected chi connectivity index (χ4v) is 1.41. The molecule has 96 valence electrons. The fourth-order valence-electron chi connectivity index (χ4n) is 1.41.